The molecular weight excluding hydrogens is 648 g/mol. The van der Waals surface area contributed by atoms with Crippen LogP contribution in [0.25, 0.3) is 0 Å². The Morgan fingerprint density at radius 1 is 0.340 bits per heavy atom. The summed E-state index contributed by atoms with van der Waals surface area (Å²) in [5.41, 5.74) is 0. The summed E-state index contributed by atoms with van der Waals surface area (Å²) < 4.78 is 59.6. The van der Waals surface area contributed by atoms with Gasteiger partial charge in [-0.25, -0.2) is 4.79 Å². The Balaban J connectivity index is 3.06. The second-order valence-electron chi connectivity index (χ2n) is 11.7. The summed E-state index contributed by atoms with van der Waals surface area (Å²) in [6.07, 6.45) is 18.9. The van der Waals surface area contributed by atoms with Gasteiger partial charge >= 0.3 is 5.97 Å². The lowest BCUT2D eigenvalue weighted by Crippen LogP contribution is -2.15. The lowest BCUT2D eigenvalue weighted by Gasteiger charge is -2.09. The minimum Gasteiger partial charge on any atom is -0.460 e. The Morgan fingerprint density at radius 2 is 0.560 bits per heavy atom. The van der Waals surface area contributed by atoms with Crippen LogP contribution in [-0.4, -0.2) is 145 Å². The number of ether oxygens (including phenoxy) is 11. The van der Waals surface area contributed by atoms with Gasteiger partial charge in [-0.2, -0.15) is 0 Å². The van der Waals surface area contributed by atoms with Gasteiger partial charge in [0.25, 0.3) is 0 Å². The zero-order chi connectivity index (χ0) is 36.1. The van der Waals surface area contributed by atoms with Gasteiger partial charge < -0.3 is 52.1 Å². The van der Waals surface area contributed by atoms with Gasteiger partial charge in [-0.3, -0.25) is 0 Å². The van der Waals surface area contributed by atoms with E-state index in [9.17, 15) is 4.79 Å². The van der Waals surface area contributed by atoms with Gasteiger partial charge in [0, 0.05) is 12.7 Å². The van der Waals surface area contributed by atoms with Crippen LogP contribution in [0, 0.1) is 0 Å². The SMILES string of the molecule is C=CC(=O)OCCOCCOCCOCCOCCOCCOCCOCCOCCOCCOCCCCCCCCCCCCCCC. The first-order valence-corrected chi connectivity index (χ1v) is 19.4. The minimum absolute atomic E-state index is 0.202. The minimum atomic E-state index is -0.455. The van der Waals surface area contributed by atoms with Gasteiger partial charge in [0.2, 0.25) is 0 Å². The van der Waals surface area contributed by atoms with Crippen LogP contribution in [0.15, 0.2) is 12.7 Å². The van der Waals surface area contributed by atoms with Crippen LogP contribution in [0.2, 0.25) is 0 Å². The van der Waals surface area contributed by atoms with Gasteiger partial charge in [-0.15, -0.1) is 0 Å². The molecule has 0 aliphatic heterocycles. The quantitative estimate of drug-likeness (QED) is 0.0419. The average molecular weight is 723 g/mol. The number of carbonyl (C=O) groups excluding carboxylic acids is 1. The van der Waals surface area contributed by atoms with Gasteiger partial charge in [0.15, 0.2) is 0 Å². The standard InChI is InChI=1S/C38H74O12/c1-3-5-6-7-8-9-10-11-12-13-14-15-16-17-40-18-19-41-20-21-42-22-23-43-24-25-44-26-27-45-28-29-46-30-31-47-32-33-48-34-35-49-36-37-50-38(39)4-2/h4H,2-3,5-37H2,1H3. The fourth-order valence-corrected chi connectivity index (χ4v) is 4.56. The van der Waals surface area contributed by atoms with Crippen molar-refractivity contribution >= 4 is 5.97 Å². The highest BCUT2D eigenvalue weighted by Crippen LogP contribution is 2.12. The maximum Gasteiger partial charge on any atom is 0.330 e. The predicted molar refractivity (Wildman–Crippen MR) is 195 cm³/mol. The van der Waals surface area contributed by atoms with Crippen LogP contribution < -0.4 is 0 Å². The Kier molecular flexibility index (Phi) is 44.7. The van der Waals surface area contributed by atoms with E-state index in [1.165, 1.54) is 77.0 Å². The predicted octanol–water partition coefficient (Wildman–Crippen LogP) is 5.97. The molecule has 0 rings (SSSR count). The summed E-state index contributed by atoms with van der Waals surface area (Å²) in [7, 11) is 0. The summed E-state index contributed by atoms with van der Waals surface area (Å²) >= 11 is 0. The average Bonchev–Trinajstić information content (AvgIpc) is 3.13. The summed E-state index contributed by atoms with van der Waals surface area (Å²) in [6, 6.07) is 0. The van der Waals surface area contributed by atoms with E-state index in [0.29, 0.717) is 126 Å². The van der Waals surface area contributed by atoms with Gasteiger partial charge in [0.1, 0.15) is 6.61 Å². The van der Waals surface area contributed by atoms with E-state index >= 15 is 0 Å². The Bertz CT molecular complexity index is 655. The monoisotopic (exact) mass is 723 g/mol. The zero-order valence-corrected chi connectivity index (χ0v) is 31.7. The number of unbranched alkanes of at least 4 members (excludes halogenated alkanes) is 12. The van der Waals surface area contributed by atoms with Crippen molar-refractivity contribution in [2.45, 2.75) is 90.4 Å². The summed E-state index contributed by atoms with van der Waals surface area (Å²) in [5.74, 6) is -0.455. The third-order valence-electron chi connectivity index (χ3n) is 7.38. The van der Waals surface area contributed by atoms with E-state index < -0.39 is 5.97 Å². The van der Waals surface area contributed by atoms with E-state index in [0.717, 1.165) is 19.1 Å². The van der Waals surface area contributed by atoms with Crippen molar-refractivity contribution in [3.8, 4) is 0 Å². The third kappa shape index (κ3) is 44.8. The number of rotatable bonds is 45. The molecule has 0 aromatic rings. The molecule has 0 atom stereocenters. The molecule has 0 amide bonds. The van der Waals surface area contributed by atoms with Crippen molar-refractivity contribution in [3.05, 3.63) is 12.7 Å². The van der Waals surface area contributed by atoms with Crippen molar-refractivity contribution in [1.29, 1.82) is 0 Å². The summed E-state index contributed by atoms with van der Waals surface area (Å²) in [4.78, 5) is 10.9. The van der Waals surface area contributed by atoms with Crippen LogP contribution in [0.5, 0.6) is 0 Å². The first kappa shape index (κ1) is 48.8. The highest BCUT2D eigenvalue weighted by Gasteiger charge is 1.98. The van der Waals surface area contributed by atoms with Gasteiger partial charge in [-0.05, 0) is 6.42 Å². The maximum absolute atomic E-state index is 10.9. The molecule has 0 saturated carbocycles. The molecular formula is C38H74O12. The van der Waals surface area contributed by atoms with Gasteiger partial charge in [0.05, 0.1) is 126 Å². The maximum atomic E-state index is 10.9. The first-order chi connectivity index (χ1) is 24.8. The second kappa shape index (κ2) is 45.8. The fourth-order valence-electron chi connectivity index (χ4n) is 4.56. The lowest BCUT2D eigenvalue weighted by atomic mass is 10.0. The summed E-state index contributed by atoms with van der Waals surface area (Å²) in [6.45, 7) is 16.3. The zero-order valence-electron chi connectivity index (χ0n) is 31.7. The molecule has 0 aromatic heterocycles. The fraction of sp³-hybridized carbons (Fsp3) is 0.921. The van der Waals surface area contributed by atoms with Crippen molar-refractivity contribution in [3.63, 3.8) is 0 Å². The number of carbonyl (C=O) groups is 1. The molecule has 0 unspecified atom stereocenters. The van der Waals surface area contributed by atoms with Crippen LogP contribution in [0.1, 0.15) is 90.4 Å². The van der Waals surface area contributed by atoms with E-state index in [2.05, 4.69) is 13.5 Å². The molecule has 0 fully saturated rings. The lowest BCUT2D eigenvalue weighted by molar-refractivity contribution is -0.139. The molecule has 0 spiro atoms. The molecule has 0 aliphatic rings. The van der Waals surface area contributed by atoms with Crippen molar-refractivity contribution in [2.24, 2.45) is 0 Å². The highest BCUT2D eigenvalue weighted by molar-refractivity contribution is 5.81. The normalized spacial score (nSPS) is 11.4. The largest absolute Gasteiger partial charge is 0.460 e. The van der Waals surface area contributed by atoms with Gasteiger partial charge in [-0.1, -0.05) is 90.6 Å². The van der Waals surface area contributed by atoms with E-state index in [1.807, 2.05) is 0 Å². The molecule has 298 valence electrons. The molecule has 0 aromatic carbocycles. The van der Waals surface area contributed by atoms with E-state index in [-0.39, 0.29) is 6.61 Å². The second-order valence-corrected chi connectivity index (χ2v) is 11.7. The van der Waals surface area contributed by atoms with Crippen molar-refractivity contribution in [1.82, 2.24) is 0 Å². The topological polar surface area (TPSA) is 119 Å². The Morgan fingerprint density at radius 3 is 0.820 bits per heavy atom. The molecule has 50 heavy (non-hydrogen) atoms. The number of esters is 1. The Labute approximate surface area is 304 Å². The van der Waals surface area contributed by atoms with Crippen LogP contribution in [0.4, 0.5) is 0 Å². The smallest absolute Gasteiger partial charge is 0.330 e. The summed E-state index contributed by atoms with van der Waals surface area (Å²) in [5, 5.41) is 0. The van der Waals surface area contributed by atoms with Crippen molar-refractivity contribution < 1.29 is 56.9 Å². The van der Waals surface area contributed by atoms with E-state index in [4.69, 9.17) is 52.1 Å². The van der Waals surface area contributed by atoms with E-state index in [1.54, 1.807) is 0 Å². The molecule has 0 bridgehead atoms. The van der Waals surface area contributed by atoms with Crippen LogP contribution in [-0.2, 0) is 56.9 Å². The first-order valence-electron chi connectivity index (χ1n) is 19.4. The highest BCUT2D eigenvalue weighted by atomic mass is 16.6. The number of hydrogen-bond donors (Lipinski definition) is 0. The van der Waals surface area contributed by atoms with Crippen LogP contribution >= 0.6 is 0 Å². The molecule has 0 radical (unpaired) electrons. The third-order valence-corrected chi connectivity index (χ3v) is 7.38. The molecule has 12 heteroatoms. The molecule has 0 heterocycles. The Hall–Kier alpha value is -1.19. The molecule has 0 N–H and O–H groups in total. The molecule has 12 nitrogen and oxygen atoms in total. The molecule has 0 aliphatic carbocycles. The number of hydrogen-bond acceptors (Lipinski definition) is 12. The van der Waals surface area contributed by atoms with Crippen LogP contribution in [0.3, 0.4) is 0 Å². The van der Waals surface area contributed by atoms with Crippen molar-refractivity contribution in [2.75, 3.05) is 139 Å². The molecule has 0 saturated heterocycles.